The second-order valence-corrected chi connectivity index (χ2v) is 3.79. The lowest BCUT2D eigenvalue weighted by molar-refractivity contribution is 0.0782. The highest BCUT2D eigenvalue weighted by Gasteiger charge is 2.19. The maximum absolute atomic E-state index is 11.9. The molecule has 1 rings (SSSR count). The summed E-state index contributed by atoms with van der Waals surface area (Å²) in [7, 11) is 1.79. The number of rotatable bonds is 4. The highest BCUT2D eigenvalue weighted by Crippen LogP contribution is 2.13. The van der Waals surface area contributed by atoms with Crippen LogP contribution in [0.1, 0.15) is 41.6 Å². The molecule has 0 saturated carbocycles. The van der Waals surface area contributed by atoms with E-state index < -0.39 is 0 Å². The molecule has 84 valence electrons. The van der Waals surface area contributed by atoms with Gasteiger partial charge in [0.1, 0.15) is 5.76 Å². The van der Waals surface area contributed by atoms with Crippen LogP contribution in [0.3, 0.4) is 0 Å². The third-order valence-corrected chi connectivity index (χ3v) is 2.55. The van der Waals surface area contributed by atoms with Crippen LogP contribution < -0.4 is 0 Å². The summed E-state index contributed by atoms with van der Waals surface area (Å²) >= 11 is 0. The second-order valence-electron chi connectivity index (χ2n) is 3.79. The number of amides is 1. The van der Waals surface area contributed by atoms with E-state index in [0.29, 0.717) is 11.5 Å². The number of aromatic nitrogens is 1. The van der Waals surface area contributed by atoms with E-state index in [1.165, 1.54) is 0 Å². The number of nitrogens with zero attached hydrogens (tertiary/aromatic N) is 2. The van der Waals surface area contributed by atoms with Crippen LogP contribution in [0, 0.1) is 13.8 Å². The summed E-state index contributed by atoms with van der Waals surface area (Å²) in [6.07, 6.45) is 2.09. The molecule has 1 amide bonds. The molecule has 1 aromatic heterocycles. The lowest BCUT2D eigenvalue weighted by atomic mass is 10.2. The van der Waals surface area contributed by atoms with E-state index >= 15 is 0 Å². The van der Waals surface area contributed by atoms with E-state index in [2.05, 4.69) is 12.1 Å². The first-order chi connectivity index (χ1) is 7.07. The Bertz CT molecular complexity index is 344. The van der Waals surface area contributed by atoms with Gasteiger partial charge in [0, 0.05) is 19.2 Å². The van der Waals surface area contributed by atoms with Gasteiger partial charge in [0.05, 0.1) is 0 Å². The van der Waals surface area contributed by atoms with E-state index in [0.717, 1.165) is 24.9 Å². The minimum absolute atomic E-state index is 0.0576. The molecule has 0 aliphatic heterocycles. The Morgan fingerprint density at radius 3 is 2.60 bits per heavy atom. The fraction of sp³-hybridized carbons (Fsp3) is 0.636. The lowest BCUT2D eigenvalue weighted by Crippen LogP contribution is -2.28. The fourth-order valence-corrected chi connectivity index (χ4v) is 1.29. The lowest BCUT2D eigenvalue weighted by Gasteiger charge is -2.15. The molecule has 0 aliphatic carbocycles. The standard InChI is InChI=1S/C11H18N2O2/c1-5-6-7-13(4)11(14)10-8(2)9(3)15-12-10/h5-7H2,1-4H3. The van der Waals surface area contributed by atoms with Crippen LogP contribution in [-0.4, -0.2) is 29.6 Å². The molecule has 0 spiro atoms. The molecule has 1 heterocycles. The van der Waals surface area contributed by atoms with Crippen molar-refractivity contribution in [2.24, 2.45) is 0 Å². The first kappa shape index (κ1) is 11.8. The molecule has 0 atom stereocenters. The molecule has 1 aromatic rings. The molecule has 0 N–H and O–H groups in total. The smallest absolute Gasteiger partial charge is 0.276 e. The summed E-state index contributed by atoms with van der Waals surface area (Å²) < 4.78 is 4.97. The first-order valence-electron chi connectivity index (χ1n) is 5.26. The van der Waals surface area contributed by atoms with E-state index in [1.54, 1.807) is 11.9 Å². The van der Waals surface area contributed by atoms with Gasteiger partial charge in [-0.15, -0.1) is 0 Å². The van der Waals surface area contributed by atoms with Crippen molar-refractivity contribution in [3.8, 4) is 0 Å². The molecular weight excluding hydrogens is 192 g/mol. The zero-order chi connectivity index (χ0) is 11.4. The van der Waals surface area contributed by atoms with Gasteiger partial charge >= 0.3 is 0 Å². The highest BCUT2D eigenvalue weighted by molar-refractivity contribution is 5.93. The van der Waals surface area contributed by atoms with Crippen LogP contribution in [0.5, 0.6) is 0 Å². The Labute approximate surface area is 90.2 Å². The van der Waals surface area contributed by atoms with Gasteiger partial charge in [-0.05, 0) is 20.3 Å². The summed E-state index contributed by atoms with van der Waals surface area (Å²) in [5.41, 5.74) is 1.27. The minimum Gasteiger partial charge on any atom is -0.361 e. The number of hydrogen-bond donors (Lipinski definition) is 0. The number of unbranched alkanes of at least 4 members (excludes halogenated alkanes) is 1. The van der Waals surface area contributed by atoms with Crippen LogP contribution in [0.15, 0.2) is 4.52 Å². The predicted octanol–water partition coefficient (Wildman–Crippen LogP) is 2.16. The monoisotopic (exact) mass is 210 g/mol. The largest absolute Gasteiger partial charge is 0.361 e. The maximum Gasteiger partial charge on any atom is 0.276 e. The zero-order valence-electron chi connectivity index (χ0n) is 9.83. The summed E-state index contributed by atoms with van der Waals surface area (Å²) in [4.78, 5) is 13.6. The topological polar surface area (TPSA) is 46.3 Å². The Morgan fingerprint density at radius 1 is 1.47 bits per heavy atom. The number of hydrogen-bond acceptors (Lipinski definition) is 3. The molecule has 0 fully saturated rings. The number of carbonyl (C=O) groups excluding carboxylic acids is 1. The Kier molecular flexibility index (Phi) is 3.88. The number of aryl methyl sites for hydroxylation is 1. The van der Waals surface area contributed by atoms with Gasteiger partial charge in [0.25, 0.3) is 5.91 Å². The van der Waals surface area contributed by atoms with Crippen LogP contribution >= 0.6 is 0 Å². The zero-order valence-corrected chi connectivity index (χ0v) is 9.83. The van der Waals surface area contributed by atoms with Crippen molar-refractivity contribution in [2.75, 3.05) is 13.6 Å². The minimum atomic E-state index is -0.0576. The van der Waals surface area contributed by atoms with Crippen LogP contribution in [0.4, 0.5) is 0 Å². The van der Waals surface area contributed by atoms with E-state index in [1.807, 2.05) is 13.8 Å². The normalized spacial score (nSPS) is 10.4. The van der Waals surface area contributed by atoms with Gasteiger partial charge in [-0.1, -0.05) is 18.5 Å². The molecule has 4 nitrogen and oxygen atoms in total. The third-order valence-electron chi connectivity index (χ3n) is 2.55. The number of carbonyl (C=O) groups is 1. The highest BCUT2D eigenvalue weighted by atomic mass is 16.5. The quantitative estimate of drug-likeness (QED) is 0.765. The van der Waals surface area contributed by atoms with Crippen LogP contribution in [0.25, 0.3) is 0 Å². The molecule has 0 bridgehead atoms. The van der Waals surface area contributed by atoms with Crippen molar-refractivity contribution in [1.82, 2.24) is 10.1 Å². The molecular formula is C11H18N2O2. The van der Waals surface area contributed by atoms with Crippen molar-refractivity contribution in [3.63, 3.8) is 0 Å². The average molecular weight is 210 g/mol. The molecule has 15 heavy (non-hydrogen) atoms. The summed E-state index contributed by atoms with van der Waals surface area (Å²) in [6, 6.07) is 0. The summed E-state index contributed by atoms with van der Waals surface area (Å²) in [5.74, 6) is 0.653. The van der Waals surface area contributed by atoms with E-state index in [9.17, 15) is 4.79 Å². The van der Waals surface area contributed by atoms with Crippen LogP contribution in [0.2, 0.25) is 0 Å². The van der Waals surface area contributed by atoms with Crippen molar-refractivity contribution in [1.29, 1.82) is 0 Å². The van der Waals surface area contributed by atoms with Crippen molar-refractivity contribution in [2.45, 2.75) is 33.6 Å². The molecule has 0 aromatic carbocycles. The average Bonchev–Trinajstić information content (AvgIpc) is 2.55. The summed E-state index contributed by atoms with van der Waals surface area (Å²) in [5, 5.41) is 3.78. The molecule has 0 saturated heterocycles. The van der Waals surface area contributed by atoms with Crippen molar-refractivity contribution in [3.05, 3.63) is 17.0 Å². The van der Waals surface area contributed by atoms with Gasteiger partial charge in [-0.2, -0.15) is 0 Å². The van der Waals surface area contributed by atoms with Gasteiger partial charge in [0.2, 0.25) is 0 Å². The van der Waals surface area contributed by atoms with Gasteiger partial charge in [0.15, 0.2) is 5.69 Å². The van der Waals surface area contributed by atoms with Crippen LogP contribution in [-0.2, 0) is 0 Å². The Hall–Kier alpha value is -1.32. The predicted molar refractivity (Wildman–Crippen MR) is 57.8 cm³/mol. The van der Waals surface area contributed by atoms with Crippen molar-refractivity contribution < 1.29 is 9.32 Å². The van der Waals surface area contributed by atoms with Gasteiger partial charge in [-0.25, -0.2) is 0 Å². The molecule has 4 heteroatoms. The SMILES string of the molecule is CCCCN(C)C(=O)c1noc(C)c1C. The van der Waals surface area contributed by atoms with Gasteiger partial charge < -0.3 is 9.42 Å². The van der Waals surface area contributed by atoms with E-state index in [4.69, 9.17) is 4.52 Å². The Balaban J connectivity index is 2.72. The summed E-state index contributed by atoms with van der Waals surface area (Å²) in [6.45, 7) is 6.53. The van der Waals surface area contributed by atoms with Gasteiger partial charge in [-0.3, -0.25) is 4.79 Å². The molecule has 0 unspecified atom stereocenters. The first-order valence-corrected chi connectivity index (χ1v) is 5.26. The van der Waals surface area contributed by atoms with Crippen molar-refractivity contribution >= 4 is 5.91 Å². The maximum atomic E-state index is 11.9. The third kappa shape index (κ3) is 2.58. The molecule has 0 aliphatic rings. The fourth-order valence-electron chi connectivity index (χ4n) is 1.29. The van der Waals surface area contributed by atoms with E-state index in [-0.39, 0.29) is 5.91 Å². The second kappa shape index (κ2) is 4.96. The molecule has 0 radical (unpaired) electrons. The Morgan fingerprint density at radius 2 is 2.13 bits per heavy atom.